The molecule has 0 unspecified atom stereocenters. The lowest BCUT2D eigenvalue weighted by molar-refractivity contribution is -0.274. The number of amides is 2. The number of anilines is 1. The van der Waals surface area contributed by atoms with Gasteiger partial charge in [-0.05, 0) is 29.8 Å². The van der Waals surface area contributed by atoms with Gasteiger partial charge in [0.1, 0.15) is 11.6 Å². The summed E-state index contributed by atoms with van der Waals surface area (Å²) < 4.78 is 40.1. The van der Waals surface area contributed by atoms with Gasteiger partial charge < -0.3 is 15.4 Å². The zero-order valence-electron chi connectivity index (χ0n) is 13.8. The molecule has 26 heavy (non-hydrogen) atoms. The van der Waals surface area contributed by atoms with Crippen molar-refractivity contribution in [1.82, 2.24) is 10.3 Å². The molecular weight excluding hydrogens is 351 g/mol. The third kappa shape index (κ3) is 6.08. The van der Waals surface area contributed by atoms with Crippen LogP contribution in [0.3, 0.4) is 0 Å². The van der Waals surface area contributed by atoms with Crippen LogP contribution in [0.5, 0.6) is 5.75 Å². The van der Waals surface area contributed by atoms with E-state index in [0.29, 0.717) is 11.1 Å². The van der Waals surface area contributed by atoms with Crippen LogP contribution in [0, 0.1) is 0 Å². The van der Waals surface area contributed by atoms with Gasteiger partial charge in [0.05, 0.1) is 0 Å². The van der Waals surface area contributed by atoms with Crippen molar-refractivity contribution in [2.75, 3.05) is 5.32 Å². The molecule has 1 aromatic carbocycles. The van der Waals surface area contributed by atoms with E-state index in [4.69, 9.17) is 0 Å². The Bertz CT molecular complexity index is 777. The van der Waals surface area contributed by atoms with Crippen LogP contribution in [0.1, 0.15) is 29.3 Å². The fourth-order valence-electron chi connectivity index (χ4n) is 1.96. The van der Waals surface area contributed by atoms with E-state index in [1.165, 1.54) is 42.6 Å². The van der Waals surface area contributed by atoms with E-state index < -0.39 is 12.3 Å². The van der Waals surface area contributed by atoms with Crippen molar-refractivity contribution >= 4 is 17.6 Å². The van der Waals surface area contributed by atoms with Crippen LogP contribution in [0.2, 0.25) is 0 Å². The molecule has 0 saturated heterocycles. The van der Waals surface area contributed by atoms with Gasteiger partial charge in [-0.1, -0.05) is 19.1 Å². The number of benzene rings is 1. The Morgan fingerprint density at radius 3 is 2.46 bits per heavy atom. The Morgan fingerprint density at radius 1 is 1.15 bits per heavy atom. The first kappa shape index (κ1) is 19.2. The molecule has 1 aromatic heterocycles. The van der Waals surface area contributed by atoms with E-state index in [9.17, 15) is 22.8 Å². The third-order valence-corrected chi connectivity index (χ3v) is 3.22. The van der Waals surface area contributed by atoms with Gasteiger partial charge in [-0.15, -0.1) is 13.2 Å². The van der Waals surface area contributed by atoms with E-state index in [0.717, 1.165) is 0 Å². The first-order valence-corrected chi connectivity index (χ1v) is 7.65. The summed E-state index contributed by atoms with van der Waals surface area (Å²) in [5, 5.41) is 5.18. The minimum Gasteiger partial charge on any atom is -0.406 e. The Kier molecular flexibility index (Phi) is 6.16. The van der Waals surface area contributed by atoms with Gasteiger partial charge in [-0.25, -0.2) is 4.98 Å². The molecule has 9 heteroatoms. The molecule has 0 aliphatic rings. The topological polar surface area (TPSA) is 80.3 Å². The van der Waals surface area contributed by atoms with E-state index >= 15 is 0 Å². The van der Waals surface area contributed by atoms with Crippen molar-refractivity contribution in [2.45, 2.75) is 26.3 Å². The van der Waals surface area contributed by atoms with Gasteiger partial charge in [0.25, 0.3) is 5.91 Å². The number of carbonyl (C=O) groups excluding carboxylic acids is 2. The van der Waals surface area contributed by atoms with Crippen LogP contribution in [0.4, 0.5) is 19.0 Å². The van der Waals surface area contributed by atoms with Crippen molar-refractivity contribution in [3.8, 4) is 5.75 Å². The number of halogens is 3. The van der Waals surface area contributed by atoms with E-state index in [1.54, 1.807) is 6.92 Å². The first-order chi connectivity index (χ1) is 12.3. The molecule has 138 valence electrons. The minimum absolute atomic E-state index is 0.115. The van der Waals surface area contributed by atoms with Crippen molar-refractivity contribution in [2.24, 2.45) is 0 Å². The molecule has 0 atom stereocenters. The van der Waals surface area contributed by atoms with Crippen LogP contribution in [0.25, 0.3) is 0 Å². The highest BCUT2D eigenvalue weighted by molar-refractivity contribution is 5.96. The zero-order chi connectivity index (χ0) is 19.2. The van der Waals surface area contributed by atoms with Crippen LogP contribution >= 0.6 is 0 Å². The average molecular weight is 367 g/mol. The molecule has 0 spiro atoms. The maximum Gasteiger partial charge on any atom is 0.573 e. The molecule has 0 aliphatic carbocycles. The predicted octanol–water partition coefficient (Wildman–Crippen LogP) is 3.26. The maximum absolute atomic E-state index is 12.2. The summed E-state index contributed by atoms with van der Waals surface area (Å²) in [5.41, 5.74) is 0.893. The Morgan fingerprint density at radius 2 is 1.85 bits per heavy atom. The second kappa shape index (κ2) is 8.32. The molecule has 0 saturated carbocycles. The number of nitrogens with zero attached hydrogens (tertiary/aromatic N) is 1. The summed E-state index contributed by atoms with van der Waals surface area (Å²) in [6.07, 6.45) is -3.07. The maximum atomic E-state index is 12.2. The molecule has 2 rings (SSSR count). The largest absolute Gasteiger partial charge is 0.573 e. The van der Waals surface area contributed by atoms with Crippen molar-refractivity contribution in [3.05, 3.63) is 53.7 Å². The Labute approximate surface area is 147 Å². The number of hydrogen-bond donors (Lipinski definition) is 2. The minimum atomic E-state index is -4.75. The van der Waals surface area contributed by atoms with Gasteiger partial charge in [0.2, 0.25) is 5.91 Å². The lowest BCUT2D eigenvalue weighted by Gasteiger charge is -2.10. The summed E-state index contributed by atoms with van der Waals surface area (Å²) in [6, 6.07) is 8.08. The van der Waals surface area contributed by atoms with Gasteiger partial charge in [0.15, 0.2) is 0 Å². The normalized spacial score (nSPS) is 10.9. The number of carbonyl (C=O) groups is 2. The summed E-state index contributed by atoms with van der Waals surface area (Å²) in [5.74, 6) is -0.706. The number of alkyl halides is 3. The highest BCUT2D eigenvalue weighted by Crippen LogP contribution is 2.22. The van der Waals surface area contributed by atoms with Crippen LogP contribution in [0.15, 0.2) is 42.6 Å². The molecule has 0 radical (unpaired) electrons. The number of nitrogens with one attached hydrogen (secondary N) is 2. The fourth-order valence-corrected chi connectivity index (χ4v) is 1.96. The lowest BCUT2D eigenvalue weighted by atomic mass is 10.2. The van der Waals surface area contributed by atoms with Gasteiger partial charge in [-0.2, -0.15) is 0 Å². The Hall–Kier alpha value is -3.10. The van der Waals surface area contributed by atoms with Gasteiger partial charge in [-0.3, -0.25) is 9.59 Å². The second-order valence-corrected chi connectivity index (χ2v) is 5.21. The smallest absolute Gasteiger partial charge is 0.406 e. The Balaban J connectivity index is 1.94. The standard InChI is InChI=1S/C17H16F3N3O3/c1-2-15(24)23-14-9-12(7-8-21-14)16(25)22-10-11-3-5-13(6-4-11)26-17(18,19)20/h3-9H,2,10H2,1H3,(H,22,25)(H,21,23,24). The van der Waals surface area contributed by atoms with Gasteiger partial charge >= 0.3 is 6.36 Å². The molecule has 0 bridgehead atoms. The fraction of sp³-hybridized carbons (Fsp3) is 0.235. The number of rotatable bonds is 6. The summed E-state index contributed by atoms with van der Waals surface area (Å²) in [6.45, 7) is 1.81. The molecule has 2 aromatic rings. The predicted molar refractivity (Wildman–Crippen MR) is 87.5 cm³/mol. The lowest BCUT2D eigenvalue weighted by Crippen LogP contribution is -2.23. The van der Waals surface area contributed by atoms with Gasteiger partial charge in [0, 0.05) is 24.7 Å². The summed E-state index contributed by atoms with van der Waals surface area (Å²) in [4.78, 5) is 27.5. The number of hydrogen-bond acceptors (Lipinski definition) is 4. The monoisotopic (exact) mass is 367 g/mol. The molecule has 1 heterocycles. The second-order valence-electron chi connectivity index (χ2n) is 5.21. The summed E-state index contributed by atoms with van der Waals surface area (Å²) in [7, 11) is 0. The van der Waals surface area contributed by atoms with Crippen LogP contribution < -0.4 is 15.4 Å². The first-order valence-electron chi connectivity index (χ1n) is 7.65. The van der Waals surface area contributed by atoms with Crippen LogP contribution in [-0.2, 0) is 11.3 Å². The highest BCUT2D eigenvalue weighted by Gasteiger charge is 2.30. The molecular formula is C17H16F3N3O3. The SMILES string of the molecule is CCC(=O)Nc1cc(C(=O)NCc2ccc(OC(F)(F)F)cc2)ccn1. The number of pyridine rings is 1. The zero-order valence-corrected chi connectivity index (χ0v) is 13.8. The third-order valence-electron chi connectivity index (χ3n) is 3.22. The van der Waals surface area contributed by atoms with Crippen molar-refractivity contribution in [3.63, 3.8) is 0 Å². The molecule has 0 aliphatic heterocycles. The molecule has 2 amide bonds. The van der Waals surface area contributed by atoms with E-state index in [1.807, 2.05) is 0 Å². The summed E-state index contributed by atoms with van der Waals surface area (Å²) >= 11 is 0. The van der Waals surface area contributed by atoms with Crippen molar-refractivity contribution in [1.29, 1.82) is 0 Å². The number of ether oxygens (including phenoxy) is 1. The molecule has 6 nitrogen and oxygen atoms in total. The van der Waals surface area contributed by atoms with Crippen LogP contribution in [-0.4, -0.2) is 23.2 Å². The highest BCUT2D eigenvalue weighted by atomic mass is 19.4. The molecule has 2 N–H and O–H groups in total. The molecule has 0 fully saturated rings. The van der Waals surface area contributed by atoms with Crippen molar-refractivity contribution < 1.29 is 27.5 Å². The quantitative estimate of drug-likeness (QED) is 0.821. The number of aromatic nitrogens is 1. The van der Waals surface area contributed by atoms with E-state index in [-0.39, 0.29) is 30.4 Å². The van der Waals surface area contributed by atoms with E-state index in [2.05, 4.69) is 20.4 Å². The average Bonchev–Trinajstić information content (AvgIpc) is 2.59.